The lowest BCUT2D eigenvalue weighted by Crippen LogP contribution is -2.59. The number of ether oxygens (including phenoxy) is 4. The summed E-state index contributed by atoms with van der Waals surface area (Å²) >= 11 is 0. The Hall–Kier alpha value is -2.56. The fraction of sp³-hybridized carbons (Fsp3) is 0.750. The molecule has 0 unspecified atom stereocenters. The molecule has 0 saturated carbocycles. The number of methoxy groups -OCH3 is 2. The van der Waals surface area contributed by atoms with Gasteiger partial charge in [-0.15, -0.1) is 0 Å². The second-order valence-corrected chi connectivity index (χ2v) is 12.5. The van der Waals surface area contributed by atoms with Crippen molar-refractivity contribution in [3.63, 3.8) is 0 Å². The number of alkyl carbamates (subject to hydrolysis) is 1. The quantitative estimate of drug-likeness (QED) is 0.160. The molecule has 4 N–H and O–H groups in total. The maximum atomic E-state index is 13.2. The van der Waals surface area contributed by atoms with Crippen molar-refractivity contribution in [2.24, 2.45) is 11.8 Å². The number of hydrogen-bond donors (Lipinski definition) is 4. The van der Waals surface area contributed by atoms with Gasteiger partial charge >= 0.3 is 6.09 Å². The molecule has 242 valence electrons. The minimum absolute atomic E-state index is 0.0326. The van der Waals surface area contributed by atoms with E-state index in [9.17, 15) is 14.7 Å². The third-order valence-electron chi connectivity index (χ3n) is 7.08. The Kier molecular flexibility index (Phi) is 16.8. The predicted molar refractivity (Wildman–Crippen MR) is 164 cm³/mol. The van der Waals surface area contributed by atoms with Crippen LogP contribution in [0.1, 0.15) is 85.6 Å². The van der Waals surface area contributed by atoms with Crippen LogP contribution < -0.4 is 20.1 Å². The van der Waals surface area contributed by atoms with E-state index < -0.39 is 29.2 Å². The number of aliphatic hydroxyl groups excluding tert-OH is 2. The number of nitrogens with one attached hydrogen (secondary N) is 2. The number of carbonyl (C=O) groups is 2. The van der Waals surface area contributed by atoms with Crippen molar-refractivity contribution in [1.29, 1.82) is 0 Å². The molecule has 0 radical (unpaired) electrons. The van der Waals surface area contributed by atoms with Crippen LogP contribution in [0.2, 0.25) is 0 Å². The molecule has 3 atom stereocenters. The highest BCUT2D eigenvalue weighted by Crippen LogP contribution is 2.32. The summed E-state index contributed by atoms with van der Waals surface area (Å²) in [4.78, 5) is 25.8. The van der Waals surface area contributed by atoms with E-state index in [0.717, 1.165) is 24.8 Å². The molecular weight excluding hydrogens is 540 g/mol. The molecule has 10 nitrogen and oxygen atoms in total. The zero-order chi connectivity index (χ0) is 31.8. The van der Waals surface area contributed by atoms with Gasteiger partial charge in [0.25, 0.3) is 0 Å². The van der Waals surface area contributed by atoms with Gasteiger partial charge in [0, 0.05) is 39.7 Å². The predicted octanol–water partition coefficient (Wildman–Crippen LogP) is 4.63. The minimum atomic E-state index is -1.38. The first-order chi connectivity index (χ1) is 19.7. The molecule has 0 spiro atoms. The molecule has 1 rings (SSSR count). The van der Waals surface area contributed by atoms with Gasteiger partial charge < -0.3 is 39.8 Å². The average molecular weight is 597 g/mol. The molecule has 0 fully saturated rings. The van der Waals surface area contributed by atoms with E-state index in [-0.39, 0.29) is 18.9 Å². The Labute approximate surface area is 252 Å². The number of amides is 2. The van der Waals surface area contributed by atoms with Gasteiger partial charge in [-0.25, -0.2) is 4.79 Å². The van der Waals surface area contributed by atoms with Gasteiger partial charge in [0.05, 0.1) is 19.8 Å². The lowest BCUT2D eigenvalue weighted by atomic mass is 9.83. The number of aliphatic hydroxyl groups is 2. The molecule has 42 heavy (non-hydrogen) atoms. The third-order valence-corrected chi connectivity index (χ3v) is 7.08. The zero-order valence-corrected chi connectivity index (χ0v) is 27.1. The van der Waals surface area contributed by atoms with Crippen LogP contribution >= 0.6 is 0 Å². The summed E-state index contributed by atoms with van der Waals surface area (Å²) < 4.78 is 21.9. The smallest absolute Gasteiger partial charge is 0.408 e. The summed E-state index contributed by atoms with van der Waals surface area (Å²) in [6.45, 7) is 12.7. The van der Waals surface area contributed by atoms with Gasteiger partial charge in [-0.1, -0.05) is 19.9 Å². The topological polar surface area (TPSA) is 136 Å². The SMILES string of the molecule is COCCCOc1cc(C[C@H](CC[C@H](O)C[C@@](C)(NC(=O)OC(C)(C)C)C(=O)NCCCCO)C(C)C)ccc1OC. The highest BCUT2D eigenvalue weighted by molar-refractivity contribution is 5.89. The highest BCUT2D eigenvalue weighted by atomic mass is 16.6. The van der Waals surface area contributed by atoms with Gasteiger partial charge in [0.15, 0.2) is 11.5 Å². The van der Waals surface area contributed by atoms with E-state index in [2.05, 4.69) is 24.5 Å². The van der Waals surface area contributed by atoms with Crippen molar-refractivity contribution in [2.45, 2.75) is 104 Å². The summed E-state index contributed by atoms with van der Waals surface area (Å²) in [6.07, 6.45) is 2.41. The minimum Gasteiger partial charge on any atom is -0.493 e. The fourth-order valence-corrected chi connectivity index (χ4v) is 4.66. The Balaban J connectivity index is 2.92. The lowest BCUT2D eigenvalue weighted by Gasteiger charge is -2.33. The number of rotatable bonds is 20. The van der Waals surface area contributed by atoms with Crippen molar-refractivity contribution in [1.82, 2.24) is 10.6 Å². The molecule has 0 aromatic heterocycles. The van der Waals surface area contributed by atoms with Gasteiger partial charge in [-0.05, 0) is 89.3 Å². The van der Waals surface area contributed by atoms with E-state index >= 15 is 0 Å². The Morgan fingerprint density at radius 1 is 0.976 bits per heavy atom. The molecule has 0 heterocycles. The standard InChI is InChI=1S/C32H56N2O8/c1-23(2)25(20-24-12-15-27(40-8)28(21-24)41-19-11-18-39-7)13-14-26(36)22-32(6,29(37)33-16-9-10-17-35)34-30(38)42-31(3,4)5/h12,15,21,23,25-26,35-36H,9-11,13-14,16-20,22H2,1-8H3,(H,33,37)(H,34,38)/t25-,26-,32+/m0/s1. The Bertz CT molecular complexity index is 934. The number of carbonyl (C=O) groups excluding carboxylic acids is 2. The number of unbranched alkanes of at least 4 members (excludes halogenated alkanes) is 1. The maximum Gasteiger partial charge on any atom is 0.408 e. The van der Waals surface area contributed by atoms with Crippen LogP contribution in [0, 0.1) is 11.8 Å². The van der Waals surface area contributed by atoms with Crippen LogP contribution in [0.5, 0.6) is 11.5 Å². The van der Waals surface area contributed by atoms with Crippen molar-refractivity contribution in [3.05, 3.63) is 23.8 Å². The van der Waals surface area contributed by atoms with Crippen molar-refractivity contribution < 1.29 is 38.7 Å². The summed E-state index contributed by atoms with van der Waals surface area (Å²) in [6, 6.07) is 5.97. The largest absolute Gasteiger partial charge is 0.493 e. The van der Waals surface area contributed by atoms with Crippen molar-refractivity contribution in [3.8, 4) is 11.5 Å². The average Bonchev–Trinajstić information content (AvgIpc) is 2.90. The van der Waals surface area contributed by atoms with Crippen molar-refractivity contribution in [2.75, 3.05) is 40.6 Å². The van der Waals surface area contributed by atoms with Crippen LogP contribution in [0.15, 0.2) is 18.2 Å². The monoisotopic (exact) mass is 596 g/mol. The maximum absolute atomic E-state index is 13.2. The van der Waals surface area contributed by atoms with Crippen molar-refractivity contribution >= 4 is 12.0 Å². The summed E-state index contributed by atoms with van der Waals surface area (Å²) in [5.74, 6) is 1.60. The first-order valence-electron chi connectivity index (χ1n) is 15.1. The highest BCUT2D eigenvalue weighted by Gasteiger charge is 2.38. The zero-order valence-electron chi connectivity index (χ0n) is 27.1. The summed E-state index contributed by atoms with van der Waals surface area (Å²) in [5, 5.41) is 25.6. The fourth-order valence-electron chi connectivity index (χ4n) is 4.66. The molecule has 1 aromatic rings. The first-order valence-corrected chi connectivity index (χ1v) is 15.1. The molecule has 0 aliphatic rings. The molecule has 0 aliphatic carbocycles. The molecular formula is C32H56N2O8. The Morgan fingerprint density at radius 2 is 1.69 bits per heavy atom. The lowest BCUT2D eigenvalue weighted by molar-refractivity contribution is -0.128. The van der Waals surface area contributed by atoms with Crippen LogP contribution in [-0.4, -0.2) is 80.0 Å². The first kappa shape index (κ1) is 37.5. The van der Waals surface area contributed by atoms with Crippen LogP contribution in [-0.2, 0) is 20.7 Å². The molecule has 0 aliphatic heterocycles. The van der Waals surface area contributed by atoms with E-state index in [1.54, 1.807) is 41.9 Å². The second-order valence-electron chi connectivity index (χ2n) is 12.5. The molecule has 0 saturated heterocycles. The summed E-state index contributed by atoms with van der Waals surface area (Å²) in [5.41, 5.74) is -0.995. The normalized spacial score (nSPS) is 14.5. The molecule has 0 bridgehead atoms. The van der Waals surface area contributed by atoms with Crippen LogP contribution in [0.4, 0.5) is 4.79 Å². The van der Waals surface area contributed by atoms with Crippen LogP contribution in [0.25, 0.3) is 0 Å². The second kappa shape index (κ2) is 18.9. The van der Waals surface area contributed by atoms with E-state index in [1.807, 2.05) is 18.2 Å². The molecule has 1 aromatic carbocycles. The number of hydrogen-bond acceptors (Lipinski definition) is 8. The third kappa shape index (κ3) is 14.6. The van der Waals surface area contributed by atoms with Gasteiger partial charge in [-0.2, -0.15) is 0 Å². The van der Waals surface area contributed by atoms with Gasteiger partial charge in [0.1, 0.15) is 11.1 Å². The van der Waals surface area contributed by atoms with Gasteiger partial charge in [-0.3, -0.25) is 4.79 Å². The van der Waals surface area contributed by atoms with E-state index in [1.165, 1.54) is 0 Å². The van der Waals surface area contributed by atoms with Gasteiger partial charge in [0.2, 0.25) is 5.91 Å². The molecule has 10 heteroatoms. The van der Waals surface area contributed by atoms with Crippen LogP contribution in [0.3, 0.4) is 0 Å². The Morgan fingerprint density at radius 3 is 2.29 bits per heavy atom. The van der Waals surface area contributed by atoms with E-state index in [0.29, 0.717) is 56.4 Å². The van der Waals surface area contributed by atoms with E-state index in [4.69, 9.17) is 24.1 Å². The number of benzene rings is 1. The molecule has 2 amide bonds. The summed E-state index contributed by atoms with van der Waals surface area (Å²) in [7, 11) is 3.29.